The van der Waals surface area contributed by atoms with Crippen molar-refractivity contribution in [2.75, 3.05) is 10.5 Å². The van der Waals surface area contributed by atoms with E-state index in [0.717, 1.165) is 12.1 Å². The summed E-state index contributed by atoms with van der Waals surface area (Å²) in [4.78, 5) is 2.33. The van der Waals surface area contributed by atoms with Gasteiger partial charge in [0.15, 0.2) is 5.82 Å². The minimum absolute atomic E-state index is 0.152. The molecule has 0 aliphatic heterocycles. The Morgan fingerprint density at radius 3 is 2.82 bits per heavy atom. The lowest BCUT2D eigenvalue weighted by molar-refractivity contribution is 0.589. The Hall–Kier alpha value is -1.66. The lowest BCUT2D eigenvalue weighted by Crippen LogP contribution is -2.09. The summed E-state index contributed by atoms with van der Waals surface area (Å²) >= 11 is 0. The fourth-order valence-corrected chi connectivity index (χ4v) is 1.99. The molecule has 1 atom stereocenters. The van der Waals surface area contributed by atoms with Gasteiger partial charge in [0.05, 0.1) is 5.69 Å². The molecule has 1 aromatic carbocycles. The van der Waals surface area contributed by atoms with Crippen molar-refractivity contribution in [2.45, 2.75) is 13.3 Å². The summed E-state index contributed by atoms with van der Waals surface area (Å²) in [5, 5.41) is 2.91. The molecule has 8 heteroatoms. The van der Waals surface area contributed by atoms with Crippen molar-refractivity contribution < 1.29 is 13.0 Å². The second-order valence-corrected chi connectivity index (χ2v) is 4.40. The topological polar surface area (TPSA) is 77.9 Å². The van der Waals surface area contributed by atoms with Crippen LogP contribution in [0.2, 0.25) is 0 Å². The maximum Gasteiger partial charge on any atom is 0.159 e. The summed E-state index contributed by atoms with van der Waals surface area (Å²) in [6.45, 7) is 1.83. The standard InChI is InChI=1S/C9H10F2N4OS/c1-2-5-17(16)14-7-4-3-6(10)9(8(7)11)13-15-12/h3-4,14H,2,5H2,1H3. The first-order chi connectivity index (χ1) is 8.10. The van der Waals surface area contributed by atoms with Crippen LogP contribution >= 0.6 is 0 Å². The SMILES string of the molecule is CCCS(=O)Nc1ccc(F)c(N=[N+]=[N-])c1F. The van der Waals surface area contributed by atoms with Crippen LogP contribution in [-0.2, 0) is 11.0 Å². The van der Waals surface area contributed by atoms with E-state index in [9.17, 15) is 13.0 Å². The number of hydrogen-bond donors (Lipinski definition) is 1. The maximum absolute atomic E-state index is 13.6. The number of benzene rings is 1. The van der Waals surface area contributed by atoms with E-state index in [0.29, 0.717) is 12.2 Å². The molecule has 0 aliphatic rings. The van der Waals surface area contributed by atoms with Gasteiger partial charge in [0.1, 0.15) is 22.5 Å². The molecule has 0 saturated heterocycles. The molecule has 1 unspecified atom stereocenters. The lowest BCUT2D eigenvalue weighted by Gasteiger charge is -2.08. The highest BCUT2D eigenvalue weighted by molar-refractivity contribution is 7.86. The largest absolute Gasteiger partial charge is 0.302 e. The average Bonchev–Trinajstić information content (AvgIpc) is 2.29. The fraction of sp³-hybridized carbons (Fsp3) is 0.333. The van der Waals surface area contributed by atoms with Crippen molar-refractivity contribution in [1.82, 2.24) is 0 Å². The first-order valence-electron chi connectivity index (χ1n) is 4.78. The molecule has 0 fully saturated rings. The Balaban J connectivity index is 3.06. The van der Waals surface area contributed by atoms with Gasteiger partial charge in [0.25, 0.3) is 0 Å². The average molecular weight is 260 g/mol. The molecular formula is C9H10F2N4OS. The number of anilines is 1. The van der Waals surface area contributed by atoms with E-state index in [2.05, 4.69) is 14.7 Å². The third-order valence-electron chi connectivity index (χ3n) is 1.82. The number of nitrogens with zero attached hydrogens (tertiary/aromatic N) is 3. The van der Waals surface area contributed by atoms with E-state index in [-0.39, 0.29) is 5.69 Å². The first kappa shape index (κ1) is 13.4. The van der Waals surface area contributed by atoms with Crippen molar-refractivity contribution in [1.29, 1.82) is 0 Å². The van der Waals surface area contributed by atoms with Gasteiger partial charge >= 0.3 is 0 Å². The first-order valence-corrected chi connectivity index (χ1v) is 6.10. The summed E-state index contributed by atoms with van der Waals surface area (Å²) in [6, 6.07) is 2.05. The molecule has 1 N–H and O–H groups in total. The molecule has 0 aliphatic carbocycles. The highest BCUT2D eigenvalue weighted by atomic mass is 32.2. The van der Waals surface area contributed by atoms with Gasteiger partial charge in [0.2, 0.25) is 0 Å². The van der Waals surface area contributed by atoms with Crippen molar-refractivity contribution in [3.05, 3.63) is 34.2 Å². The number of azide groups is 1. The van der Waals surface area contributed by atoms with Gasteiger partial charge in [-0.25, -0.2) is 13.0 Å². The molecular weight excluding hydrogens is 250 g/mol. The van der Waals surface area contributed by atoms with E-state index in [1.807, 2.05) is 6.92 Å². The van der Waals surface area contributed by atoms with Gasteiger partial charge < -0.3 is 4.72 Å². The van der Waals surface area contributed by atoms with Gasteiger partial charge in [-0.05, 0) is 24.1 Å². The maximum atomic E-state index is 13.6. The molecule has 92 valence electrons. The van der Waals surface area contributed by atoms with E-state index in [4.69, 9.17) is 5.53 Å². The van der Waals surface area contributed by atoms with Gasteiger partial charge in [-0.2, -0.15) is 0 Å². The van der Waals surface area contributed by atoms with Crippen molar-refractivity contribution in [2.24, 2.45) is 5.11 Å². The van der Waals surface area contributed by atoms with Crippen LogP contribution in [0.25, 0.3) is 10.4 Å². The predicted molar refractivity (Wildman–Crippen MR) is 62.1 cm³/mol. The second kappa shape index (κ2) is 6.17. The molecule has 0 aromatic heterocycles. The molecule has 0 heterocycles. The molecule has 0 spiro atoms. The molecule has 0 bridgehead atoms. The van der Waals surface area contributed by atoms with Gasteiger partial charge in [0, 0.05) is 10.7 Å². The molecule has 0 radical (unpaired) electrons. The van der Waals surface area contributed by atoms with Crippen LogP contribution in [0, 0.1) is 11.6 Å². The predicted octanol–water partition coefficient (Wildman–Crippen LogP) is 3.39. The zero-order valence-electron chi connectivity index (χ0n) is 8.98. The van der Waals surface area contributed by atoms with Crippen molar-refractivity contribution in [3.8, 4) is 0 Å². The Morgan fingerprint density at radius 2 is 2.24 bits per heavy atom. The van der Waals surface area contributed by atoms with E-state index < -0.39 is 28.3 Å². The van der Waals surface area contributed by atoms with Crippen LogP contribution in [0.15, 0.2) is 17.2 Å². The van der Waals surface area contributed by atoms with Crippen LogP contribution in [0.5, 0.6) is 0 Å². The monoisotopic (exact) mass is 260 g/mol. The van der Waals surface area contributed by atoms with Crippen LogP contribution in [-0.4, -0.2) is 9.96 Å². The van der Waals surface area contributed by atoms with Crippen molar-refractivity contribution in [3.63, 3.8) is 0 Å². The van der Waals surface area contributed by atoms with Crippen LogP contribution in [0.1, 0.15) is 13.3 Å². The summed E-state index contributed by atoms with van der Waals surface area (Å²) in [7, 11) is -1.45. The minimum atomic E-state index is -1.45. The number of nitrogens with one attached hydrogen (secondary N) is 1. The van der Waals surface area contributed by atoms with E-state index in [1.54, 1.807) is 0 Å². The van der Waals surface area contributed by atoms with E-state index in [1.165, 1.54) is 0 Å². The molecule has 17 heavy (non-hydrogen) atoms. The summed E-state index contributed by atoms with van der Waals surface area (Å²) in [6.07, 6.45) is 0.658. The smallest absolute Gasteiger partial charge is 0.159 e. The quantitative estimate of drug-likeness (QED) is 0.491. The highest BCUT2D eigenvalue weighted by Crippen LogP contribution is 2.28. The Labute approximate surface area is 99.1 Å². The molecule has 1 aromatic rings. The van der Waals surface area contributed by atoms with Crippen LogP contribution in [0.3, 0.4) is 0 Å². The highest BCUT2D eigenvalue weighted by Gasteiger charge is 2.13. The van der Waals surface area contributed by atoms with Crippen LogP contribution in [0.4, 0.5) is 20.2 Å². The molecule has 0 saturated carbocycles. The van der Waals surface area contributed by atoms with Gasteiger partial charge in [-0.3, -0.25) is 0 Å². The molecule has 1 rings (SSSR count). The van der Waals surface area contributed by atoms with Crippen molar-refractivity contribution >= 4 is 22.4 Å². The second-order valence-electron chi connectivity index (χ2n) is 3.10. The Morgan fingerprint density at radius 1 is 1.53 bits per heavy atom. The number of halogens is 2. The van der Waals surface area contributed by atoms with Gasteiger partial charge in [-0.1, -0.05) is 12.0 Å². The number of rotatable bonds is 5. The molecule has 0 amide bonds. The summed E-state index contributed by atoms with van der Waals surface area (Å²) in [5.41, 5.74) is 7.29. The minimum Gasteiger partial charge on any atom is -0.302 e. The number of hydrogen-bond acceptors (Lipinski definition) is 2. The normalized spacial score (nSPS) is 11.7. The van der Waals surface area contributed by atoms with E-state index >= 15 is 0 Å². The zero-order valence-corrected chi connectivity index (χ0v) is 9.80. The third kappa shape index (κ3) is 3.40. The van der Waals surface area contributed by atoms with Crippen LogP contribution < -0.4 is 4.72 Å². The third-order valence-corrected chi connectivity index (χ3v) is 3.05. The Bertz CT molecular complexity index is 488. The molecule has 5 nitrogen and oxygen atoms in total. The lowest BCUT2D eigenvalue weighted by atomic mass is 10.2. The Kier molecular flexibility index (Phi) is 4.86. The summed E-state index contributed by atoms with van der Waals surface area (Å²) < 4.78 is 40.5. The fourth-order valence-electron chi connectivity index (χ4n) is 1.12. The van der Waals surface area contributed by atoms with Gasteiger partial charge in [-0.15, -0.1) is 0 Å². The zero-order chi connectivity index (χ0) is 12.8. The summed E-state index contributed by atoms with van der Waals surface area (Å²) in [5.74, 6) is -1.67.